The lowest BCUT2D eigenvalue weighted by Gasteiger charge is -2.54. The van der Waals surface area contributed by atoms with Crippen molar-refractivity contribution in [3.05, 3.63) is 0 Å². The molecule has 0 amide bonds. The normalized spacial score (nSPS) is 31.4. The third-order valence-corrected chi connectivity index (χ3v) is 10.8. The maximum atomic E-state index is 3.51. The van der Waals surface area contributed by atoms with Crippen molar-refractivity contribution < 1.29 is 0 Å². The van der Waals surface area contributed by atoms with E-state index in [1.165, 1.54) is 77.0 Å². The van der Waals surface area contributed by atoms with Gasteiger partial charge in [-0.05, 0) is 86.1 Å². The highest BCUT2D eigenvalue weighted by Crippen LogP contribution is 2.59. The summed E-state index contributed by atoms with van der Waals surface area (Å²) >= 11 is 0. The molecule has 0 aromatic rings. The van der Waals surface area contributed by atoms with Crippen molar-refractivity contribution in [3.8, 4) is 0 Å². The Morgan fingerprint density at radius 1 is 0.556 bits per heavy atom. The van der Waals surface area contributed by atoms with Gasteiger partial charge in [0, 0.05) is 0 Å². The maximum Gasteiger partial charge on any atom is -0.0200 e. The minimum atomic E-state index is 0.697. The maximum absolute atomic E-state index is 3.51. The predicted molar refractivity (Wildman–Crippen MR) is 122 cm³/mol. The molecule has 0 heterocycles. The first-order valence-corrected chi connectivity index (χ1v) is 13.7. The van der Waals surface area contributed by atoms with E-state index in [2.05, 4.69) is 9.24 Å². The van der Waals surface area contributed by atoms with Gasteiger partial charge in [-0.1, -0.05) is 77.0 Å². The molecule has 0 radical (unpaired) electrons. The van der Waals surface area contributed by atoms with E-state index in [1.807, 2.05) is 0 Å². The summed E-state index contributed by atoms with van der Waals surface area (Å²) in [5.41, 5.74) is 2.33. The van der Waals surface area contributed by atoms with Crippen LogP contribution in [-0.4, -0.2) is 5.66 Å². The van der Waals surface area contributed by atoms with Gasteiger partial charge in [-0.3, -0.25) is 0 Å². The predicted octanol–water partition coefficient (Wildman–Crippen LogP) is 8.68. The molecule has 4 saturated carbocycles. The lowest BCUT2D eigenvalue weighted by Crippen LogP contribution is -2.46. The fourth-order valence-electron chi connectivity index (χ4n) is 8.36. The second-order valence-corrected chi connectivity index (χ2v) is 12.0. The van der Waals surface area contributed by atoms with Gasteiger partial charge in [-0.25, -0.2) is 0 Å². The Labute approximate surface area is 172 Å². The summed E-state index contributed by atoms with van der Waals surface area (Å²) < 4.78 is 0. The van der Waals surface area contributed by atoms with Gasteiger partial charge < -0.3 is 0 Å². The summed E-state index contributed by atoms with van der Waals surface area (Å²) in [5.74, 6) is 2.13. The van der Waals surface area contributed by atoms with Crippen molar-refractivity contribution in [1.29, 1.82) is 0 Å². The highest BCUT2D eigenvalue weighted by molar-refractivity contribution is 7.17. The Morgan fingerprint density at radius 2 is 1.00 bits per heavy atom. The Morgan fingerprint density at radius 3 is 1.56 bits per heavy atom. The molecule has 0 aromatic carbocycles. The van der Waals surface area contributed by atoms with Crippen molar-refractivity contribution in [3.63, 3.8) is 0 Å². The Bertz CT molecular complexity index is 431. The molecule has 0 saturated heterocycles. The lowest BCUT2D eigenvalue weighted by molar-refractivity contribution is 0.00834. The average Bonchev–Trinajstić information content (AvgIpc) is 2.76. The van der Waals surface area contributed by atoms with Gasteiger partial charge in [0.15, 0.2) is 0 Å². The van der Waals surface area contributed by atoms with Crippen molar-refractivity contribution in [2.45, 2.75) is 140 Å². The summed E-state index contributed by atoms with van der Waals surface area (Å²) in [5, 5.41) is 0. The van der Waals surface area contributed by atoms with Crippen molar-refractivity contribution in [1.82, 2.24) is 0 Å². The highest BCUT2D eigenvalue weighted by atomic mass is 31.0. The second-order valence-electron chi connectivity index (χ2n) is 11.2. The standard InChI is InChI=1S/C26H47P/c27-24(26(19-11-4-12-20-26)23-15-7-2-8-16-23)21-25(17-9-3-10-18-25)22-13-5-1-6-14-22/h22-24H,1-21,27H2. The number of rotatable bonds is 5. The van der Waals surface area contributed by atoms with E-state index in [4.69, 9.17) is 0 Å². The van der Waals surface area contributed by atoms with Gasteiger partial charge in [0.1, 0.15) is 0 Å². The molecular weight excluding hydrogens is 343 g/mol. The second kappa shape index (κ2) is 9.49. The van der Waals surface area contributed by atoms with Crippen LogP contribution in [0.4, 0.5) is 0 Å². The summed E-state index contributed by atoms with van der Waals surface area (Å²) in [6, 6.07) is 0. The lowest BCUT2D eigenvalue weighted by atomic mass is 9.54. The van der Waals surface area contributed by atoms with Crippen molar-refractivity contribution in [2.75, 3.05) is 0 Å². The highest BCUT2D eigenvalue weighted by Gasteiger charge is 2.48. The summed E-state index contributed by atoms with van der Waals surface area (Å²) in [6.07, 6.45) is 32.4. The zero-order chi connectivity index (χ0) is 18.6. The Balaban J connectivity index is 1.54. The van der Waals surface area contributed by atoms with E-state index in [1.54, 1.807) is 57.8 Å². The van der Waals surface area contributed by atoms with Gasteiger partial charge in [-0.2, -0.15) is 0 Å². The molecule has 4 aliphatic rings. The zero-order valence-electron chi connectivity index (χ0n) is 18.2. The number of hydrogen-bond donors (Lipinski definition) is 0. The zero-order valence-corrected chi connectivity index (χ0v) is 19.3. The molecule has 2 atom stereocenters. The summed E-state index contributed by atoms with van der Waals surface area (Å²) in [6.45, 7) is 0. The first kappa shape index (κ1) is 20.7. The fraction of sp³-hybridized carbons (Fsp3) is 1.00. The average molecular weight is 391 g/mol. The summed E-state index contributed by atoms with van der Waals surface area (Å²) in [7, 11) is 3.51. The van der Waals surface area contributed by atoms with E-state index in [-0.39, 0.29) is 0 Å². The van der Waals surface area contributed by atoms with E-state index in [0.717, 1.165) is 22.9 Å². The van der Waals surface area contributed by atoms with Gasteiger partial charge in [-0.15, -0.1) is 9.24 Å². The molecule has 0 aliphatic heterocycles. The largest absolute Gasteiger partial charge is 0.134 e. The van der Waals surface area contributed by atoms with E-state index < -0.39 is 0 Å². The summed E-state index contributed by atoms with van der Waals surface area (Å²) in [4.78, 5) is 0. The monoisotopic (exact) mass is 390 g/mol. The van der Waals surface area contributed by atoms with Crippen LogP contribution in [0.2, 0.25) is 0 Å². The van der Waals surface area contributed by atoms with Gasteiger partial charge >= 0.3 is 0 Å². The Hall–Kier alpha value is 0.430. The smallest absolute Gasteiger partial charge is 0.0200 e. The molecule has 0 spiro atoms. The molecule has 2 unspecified atom stereocenters. The quantitative estimate of drug-likeness (QED) is 0.412. The van der Waals surface area contributed by atoms with Crippen LogP contribution < -0.4 is 0 Å². The minimum absolute atomic E-state index is 0.697. The van der Waals surface area contributed by atoms with Gasteiger partial charge in [0.25, 0.3) is 0 Å². The fourth-order valence-corrected chi connectivity index (χ4v) is 9.44. The van der Waals surface area contributed by atoms with E-state index in [0.29, 0.717) is 5.41 Å². The molecule has 4 fully saturated rings. The molecule has 156 valence electrons. The molecule has 0 bridgehead atoms. The van der Waals surface area contributed by atoms with Crippen LogP contribution in [0, 0.1) is 22.7 Å². The molecule has 0 aromatic heterocycles. The van der Waals surface area contributed by atoms with E-state index >= 15 is 0 Å². The molecule has 0 nitrogen and oxygen atoms in total. The first-order chi connectivity index (χ1) is 13.3. The van der Waals surface area contributed by atoms with Crippen LogP contribution in [0.3, 0.4) is 0 Å². The topological polar surface area (TPSA) is 0 Å². The first-order valence-electron chi connectivity index (χ1n) is 13.0. The van der Waals surface area contributed by atoms with Crippen LogP contribution in [0.15, 0.2) is 0 Å². The minimum Gasteiger partial charge on any atom is -0.134 e. The number of hydrogen-bond acceptors (Lipinski definition) is 0. The van der Waals surface area contributed by atoms with Crippen molar-refractivity contribution in [2.24, 2.45) is 22.7 Å². The van der Waals surface area contributed by atoms with E-state index in [9.17, 15) is 0 Å². The van der Waals surface area contributed by atoms with Crippen LogP contribution in [0.5, 0.6) is 0 Å². The molecule has 27 heavy (non-hydrogen) atoms. The van der Waals surface area contributed by atoms with Crippen LogP contribution in [0.1, 0.15) is 135 Å². The third kappa shape index (κ3) is 4.47. The van der Waals surface area contributed by atoms with Crippen LogP contribution >= 0.6 is 9.24 Å². The molecule has 0 N–H and O–H groups in total. The van der Waals surface area contributed by atoms with Gasteiger partial charge in [0.05, 0.1) is 0 Å². The molecular formula is C26H47P. The van der Waals surface area contributed by atoms with Crippen LogP contribution in [0.25, 0.3) is 0 Å². The van der Waals surface area contributed by atoms with Crippen LogP contribution in [-0.2, 0) is 0 Å². The molecule has 4 aliphatic carbocycles. The molecule has 1 heteroatoms. The van der Waals surface area contributed by atoms with Gasteiger partial charge in [0.2, 0.25) is 0 Å². The Kier molecular flexibility index (Phi) is 7.28. The molecule has 4 rings (SSSR count). The SMILES string of the molecule is PC(CC1(C2CCCCC2)CCCCC1)C1(C2CCCCC2)CCCCC1. The van der Waals surface area contributed by atoms with Crippen molar-refractivity contribution >= 4 is 9.24 Å². The third-order valence-electron chi connectivity index (χ3n) is 9.89.